The van der Waals surface area contributed by atoms with Gasteiger partial charge in [-0.05, 0) is 32.4 Å². The minimum atomic E-state index is -0.683. The van der Waals surface area contributed by atoms with Gasteiger partial charge in [-0.2, -0.15) is 0 Å². The highest BCUT2D eigenvalue weighted by Crippen LogP contribution is 2.37. The number of fused-ring (bicyclic) bond motifs is 1. The van der Waals surface area contributed by atoms with Gasteiger partial charge in [-0.1, -0.05) is 0 Å². The number of phenols is 1. The topological polar surface area (TPSA) is 66.8 Å². The number of hydrogen-bond acceptors (Lipinski definition) is 4. The highest BCUT2D eigenvalue weighted by Gasteiger charge is 2.36. The number of carbonyl (C=O) groups excluding carboxylic acids is 1. The average molecular weight is 236 g/mol. The van der Waals surface area contributed by atoms with Crippen molar-refractivity contribution >= 4 is 5.78 Å². The van der Waals surface area contributed by atoms with Crippen molar-refractivity contribution in [3.8, 4) is 11.5 Å². The molecule has 0 fully saturated rings. The Morgan fingerprint density at radius 2 is 2.12 bits per heavy atom. The zero-order valence-electron chi connectivity index (χ0n) is 10.2. The first-order valence-corrected chi connectivity index (χ1v) is 5.55. The largest absolute Gasteiger partial charge is 0.507 e. The van der Waals surface area contributed by atoms with Crippen molar-refractivity contribution in [1.29, 1.82) is 0 Å². The van der Waals surface area contributed by atoms with Crippen LogP contribution in [0.1, 0.15) is 36.7 Å². The molecule has 4 heteroatoms. The fourth-order valence-electron chi connectivity index (χ4n) is 1.96. The molecule has 92 valence electrons. The van der Waals surface area contributed by atoms with Gasteiger partial charge in [-0.3, -0.25) is 4.79 Å². The lowest BCUT2D eigenvalue weighted by Crippen LogP contribution is -2.46. The van der Waals surface area contributed by atoms with E-state index in [0.717, 1.165) is 5.56 Å². The molecule has 1 atom stereocenters. The van der Waals surface area contributed by atoms with Crippen molar-refractivity contribution in [1.82, 2.24) is 0 Å². The summed E-state index contributed by atoms with van der Waals surface area (Å²) in [6.07, 6.45) is -0.206. The molecule has 0 spiro atoms. The first-order chi connectivity index (χ1) is 7.81. The van der Waals surface area contributed by atoms with Gasteiger partial charge in [0.25, 0.3) is 0 Å². The lowest BCUT2D eigenvalue weighted by Gasteiger charge is -2.37. The Bertz CT molecular complexity index is 477. The minimum absolute atomic E-state index is 0.0801. The number of ketones is 1. The fraction of sp³-hybridized carbons (Fsp3) is 0.462. The molecule has 0 aromatic heterocycles. The molecule has 2 N–H and O–H groups in total. The van der Waals surface area contributed by atoms with Crippen LogP contribution in [-0.4, -0.2) is 27.7 Å². The zero-order valence-corrected chi connectivity index (χ0v) is 10.2. The fourth-order valence-corrected chi connectivity index (χ4v) is 1.96. The number of hydrogen-bond donors (Lipinski definition) is 2. The standard InChI is InChI=1S/C13H16O4/c1-7(14)9-4-8-5-12(16)13(2,3)17-11(8)6-10(9)15/h4,6,12,15-16H,5H2,1-3H3/t12-/m1/s1. The van der Waals surface area contributed by atoms with E-state index in [-0.39, 0.29) is 17.1 Å². The first kappa shape index (κ1) is 11.9. The number of ether oxygens (including phenoxy) is 1. The van der Waals surface area contributed by atoms with Crippen LogP contribution in [0.15, 0.2) is 12.1 Å². The highest BCUT2D eigenvalue weighted by molar-refractivity contribution is 5.97. The summed E-state index contributed by atoms with van der Waals surface area (Å²) in [5.41, 5.74) is 0.330. The molecule has 1 aliphatic rings. The van der Waals surface area contributed by atoms with Gasteiger partial charge in [0.15, 0.2) is 5.78 Å². The Labute approximate surface area is 99.8 Å². The number of carbonyl (C=O) groups is 1. The third kappa shape index (κ3) is 2.00. The Morgan fingerprint density at radius 3 is 2.71 bits per heavy atom. The molecule has 1 aromatic carbocycles. The highest BCUT2D eigenvalue weighted by atomic mass is 16.5. The molecular weight excluding hydrogens is 220 g/mol. The summed E-state index contributed by atoms with van der Waals surface area (Å²) in [6, 6.07) is 3.03. The number of aliphatic hydroxyl groups excluding tert-OH is 1. The summed E-state index contributed by atoms with van der Waals surface area (Å²) >= 11 is 0. The van der Waals surface area contributed by atoms with E-state index in [1.165, 1.54) is 13.0 Å². The van der Waals surface area contributed by atoms with Gasteiger partial charge in [0.1, 0.15) is 17.1 Å². The van der Waals surface area contributed by atoms with Crippen LogP contribution in [0.2, 0.25) is 0 Å². The SMILES string of the molecule is CC(=O)c1cc2c(cc1O)OC(C)(C)[C@H](O)C2. The predicted octanol–water partition coefficient (Wildman–Crippen LogP) is 1.67. The van der Waals surface area contributed by atoms with Crippen LogP contribution in [0.25, 0.3) is 0 Å². The van der Waals surface area contributed by atoms with Gasteiger partial charge < -0.3 is 14.9 Å². The Balaban J connectivity index is 2.49. The van der Waals surface area contributed by atoms with E-state index in [0.29, 0.717) is 12.2 Å². The maximum absolute atomic E-state index is 11.3. The van der Waals surface area contributed by atoms with Crippen LogP contribution in [0.5, 0.6) is 11.5 Å². The normalized spacial score (nSPS) is 21.5. The smallest absolute Gasteiger partial charge is 0.163 e. The molecule has 0 unspecified atom stereocenters. The van der Waals surface area contributed by atoms with Crippen molar-refractivity contribution < 1.29 is 19.7 Å². The van der Waals surface area contributed by atoms with Crippen molar-refractivity contribution in [2.45, 2.75) is 38.9 Å². The van der Waals surface area contributed by atoms with Gasteiger partial charge in [0, 0.05) is 12.5 Å². The van der Waals surface area contributed by atoms with Gasteiger partial charge in [0.2, 0.25) is 0 Å². The summed E-state index contributed by atoms with van der Waals surface area (Å²) in [6.45, 7) is 4.97. The number of aliphatic hydroxyl groups is 1. The second-order valence-electron chi connectivity index (χ2n) is 4.96. The molecule has 1 aromatic rings. The third-order valence-electron chi connectivity index (χ3n) is 3.15. The van der Waals surface area contributed by atoms with E-state index in [2.05, 4.69) is 0 Å². The van der Waals surface area contributed by atoms with E-state index in [9.17, 15) is 15.0 Å². The zero-order chi connectivity index (χ0) is 12.8. The third-order valence-corrected chi connectivity index (χ3v) is 3.15. The Morgan fingerprint density at radius 1 is 1.47 bits per heavy atom. The quantitative estimate of drug-likeness (QED) is 0.728. The lowest BCUT2D eigenvalue weighted by molar-refractivity contribution is -0.0412. The number of aromatic hydroxyl groups is 1. The summed E-state index contributed by atoms with van der Waals surface area (Å²) in [5.74, 6) is 0.246. The van der Waals surface area contributed by atoms with E-state index >= 15 is 0 Å². The van der Waals surface area contributed by atoms with Crippen molar-refractivity contribution in [3.05, 3.63) is 23.3 Å². The molecule has 0 saturated heterocycles. The summed E-state index contributed by atoms with van der Waals surface area (Å²) < 4.78 is 5.63. The molecule has 17 heavy (non-hydrogen) atoms. The lowest BCUT2D eigenvalue weighted by atomic mass is 9.90. The van der Waals surface area contributed by atoms with E-state index in [1.54, 1.807) is 19.9 Å². The maximum Gasteiger partial charge on any atom is 0.163 e. The number of rotatable bonds is 1. The van der Waals surface area contributed by atoms with Gasteiger partial charge in [-0.15, -0.1) is 0 Å². The van der Waals surface area contributed by atoms with Crippen LogP contribution in [0.4, 0.5) is 0 Å². The molecule has 0 saturated carbocycles. The van der Waals surface area contributed by atoms with Crippen molar-refractivity contribution in [3.63, 3.8) is 0 Å². The molecule has 0 bridgehead atoms. The molecule has 0 aliphatic carbocycles. The van der Waals surface area contributed by atoms with Crippen LogP contribution >= 0.6 is 0 Å². The van der Waals surface area contributed by atoms with Crippen molar-refractivity contribution in [2.75, 3.05) is 0 Å². The Hall–Kier alpha value is -1.55. The number of phenolic OH excluding ortho intramolecular Hbond substituents is 1. The molecule has 1 heterocycles. The molecule has 4 nitrogen and oxygen atoms in total. The van der Waals surface area contributed by atoms with E-state index < -0.39 is 11.7 Å². The second-order valence-corrected chi connectivity index (χ2v) is 4.96. The monoisotopic (exact) mass is 236 g/mol. The Kier molecular flexibility index (Phi) is 2.62. The summed E-state index contributed by atoms with van der Waals surface area (Å²) in [5, 5.41) is 19.6. The van der Waals surface area contributed by atoms with Crippen LogP contribution in [-0.2, 0) is 6.42 Å². The van der Waals surface area contributed by atoms with Crippen LogP contribution in [0.3, 0.4) is 0 Å². The number of Topliss-reactive ketones (excluding diaryl/α,β-unsaturated/α-hetero) is 1. The maximum atomic E-state index is 11.3. The van der Waals surface area contributed by atoms with E-state index in [1.807, 2.05) is 0 Å². The first-order valence-electron chi connectivity index (χ1n) is 5.55. The number of benzene rings is 1. The summed E-state index contributed by atoms with van der Waals surface area (Å²) in [7, 11) is 0. The molecule has 0 amide bonds. The molecular formula is C13H16O4. The molecule has 0 radical (unpaired) electrons. The predicted molar refractivity (Wildman–Crippen MR) is 62.5 cm³/mol. The molecule has 2 rings (SSSR count). The summed E-state index contributed by atoms with van der Waals surface area (Å²) in [4.78, 5) is 11.3. The van der Waals surface area contributed by atoms with E-state index in [4.69, 9.17) is 4.74 Å². The van der Waals surface area contributed by atoms with Gasteiger partial charge in [-0.25, -0.2) is 0 Å². The molecule has 1 aliphatic heterocycles. The minimum Gasteiger partial charge on any atom is -0.507 e. The van der Waals surface area contributed by atoms with Gasteiger partial charge >= 0.3 is 0 Å². The van der Waals surface area contributed by atoms with Crippen LogP contribution in [0, 0.1) is 0 Å². The van der Waals surface area contributed by atoms with Crippen molar-refractivity contribution in [2.24, 2.45) is 0 Å². The van der Waals surface area contributed by atoms with Gasteiger partial charge in [0.05, 0.1) is 11.7 Å². The average Bonchev–Trinajstić information content (AvgIpc) is 2.19. The van der Waals surface area contributed by atoms with Crippen LogP contribution < -0.4 is 4.74 Å². The second kappa shape index (κ2) is 3.74.